The number of rotatable bonds is 3. The van der Waals surface area contributed by atoms with Gasteiger partial charge in [-0.1, -0.05) is 6.07 Å². The van der Waals surface area contributed by atoms with Crippen LogP contribution in [0.4, 0.5) is 0 Å². The van der Waals surface area contributed by atoms with Crippen LogP contribution in [-0.4, -0.2) is 39.7 Å². The van der Waals surface area contributed by atoms with Crippen LogP contribution in [0.2, 0.25) is 0 Å². The fraction of sp³-hybridized carbons (Fsp3) is 0.533. The molecule has 1 heterocycles. The quantitative estimate of drug-likeness (QED) is 0.877. The van der Waals surface area contributed by atoms with Gasteiger partial charge in [0.05, 0.1) is 11.7 Å². The van der Waals surface area contributed by atoms with Crippen molar-refractivity contribution in [1.29, 1.82) is 0 Å². The molecular weight excluding hydrogens is 242 g/mol. The van der Waals surface area contributed by atoms with Crippen LogP contribution in [-0.2, 0) is 0 Å². The van der Waals surface area contributed by atoms with Crippen LogP contribution in [0, 0.1) is 6.92 Å². The molecule has 0 bridgehead atoms. The molecule has 1 aromatic carbocycles. The Kier molecular flexibility index (Phi) is 4.10. The lowest BCUT2D eigenvalue weighted by atomic mass is 10.1. The van der Waals surface area contributed by atoms with E-state index in [1.54, 1.807) is 24.0 Å². The average molecular weight is 263 g/mol. The molecule has 0 aliphatic carbocycles. The molecule has 4 nitrogen and oxygen atoms in total. The van der Waals surface area contributed by atoms with Gasteiger partial charge in [0.1, 0.15) is 5.75 Å². The molecule has 1 aliphatic heterocycles. The lowest BCUT2D eigenvalue weighted by Crippen LogP contribution is -2.37. The van der Waals surface area contributed by atoms with Crippen molar-refractivity contribution in [2.45, 2.75) is 45.3 Å². The summed E-state index contributed by atoms with van der Waals surface area (Å²) in [6.07, 6.45) is 2.06. The summed E-state index contributed by atoms with van der Waals surface area (Å²) in [7, 11) is 0. The van der Waals surface area contributed by atoms with Gasteiger partial charge in [-0.3, -0.25) is 4.79 Å². The smallest absolute Gasteiger partial charge is 0.257 e. The SMILES string of the molecule is Cc1ccc(C(=O)N2CCCC2CC(C)O)c(O)c1. The molecule has 2 unspecified atom stereocenters. The number of amides is 1. The van der Waals surface area contributed by atoms with Gasteiger partial charge in [-0.2, -0.15) is 0 Å². The monoisotopic (exact) mass is 263 g/mol. The predicted octanol–water partition coefficient (Wildman–Crippen LogP) is 2.08. The van der Waals surface area contributed by atoms with Gasteiger partial charge in [0.25, 0.3) is 5.91 Å². The Morgan fingerprint density at radius 3 is 2.89 bits per heavy atom. The Morgan fingerprint density at radius 2 is 2.26 bits per heavy atom. The summed E-state index contributed by atoms with van der Waals surface area (Å²) >= 11 is 0. The Balaban J connectivity index is 2.18. The molecule has 19 heavy (non-hydrogen) atoms. The molecule has 0 spiro atoms. The molecule has 4 heteroatoms. The van der Waals surface area contributed by atoms with E-state index in [0.717, 1.165) is 18.4 Å². The van der Waals surface area contributed by atoms with Gasteiger partial charge in [0.2, 0.25) is 0 Å². The summed E-state index contributed by atoms with van der Waals surface area (Å²) in [6.45, 7) is 4.31. The third-order valence-electron chi connectivity index (χ3n) is 3.63. The first-order valence-corrected chi connectivity index (χ1v) is 6.77. The first-order chi connectivity index (χ1) is 8.99. The molecule has 0 aromatic heterocycles. The van der Waals surface area contributed by atoms with E-state index in [9.17, 15) is 15.0 Å². The number of aliphatic hydroxyl groups excluding tert-OH is 1. The number of carbonyl (C=O) groups is 1. The van der Waals surface area contributed by atoms with E-state index in [4.69, 9.17) is 0 Å². The number of aromatic hydroxyl groups is 1. The van der Waals surface area contributed by atoms with E-state index in [0.29, 0.717) is 18.5 Å². The van der Waals surface area contributed by atoms with Gasteiger partial charge in [-0.25, -0.2) is 0 Å². The van der Waals surface area contributed by atoms with Crippen LogP contribution < -0.4 is 0 Å². The Labute approximate surface area is 113 Å². The maximum atomic E-state index is 12.5. The molecule has 1 aliphatic rings. The first kappa shape index (κ1) is 13.9. The second-order valence-corrected chi connectivity index (χ2v) is 5.40. The second-order valence-electron chi connectivity index (χ2n) is 5.40. The fourth-order valence-corrected chi connectivity index (χ4v) is 2.72. The van der Waals surface area contributed by atoms with E-state index in [1.807, 2.05) is 13.0 Å². The Morgan fingerprint density at radius 1 is 1.53 bits per heavy atom. The number of aliphatic hydroxyl groups is 1. The number of nitrogens with zero attached hydrogens (tertiary/aromatic N) is 1. The highest BCUT2D eigenvalue weighted by Gasteiger charge is 2.31. The Bertz CT molecular complexity index is 470. The van der Waals surface area contributed by atoms with E-state index in [1.165, 1.54) is 0 Å². The number of hydrogen-bond acceptors (Lipinski definition) is 3. The topological polar surface area (TPSA) is 60.8 Å². The lowest BCUT2D eigenvalue weighted by molar-refractivity contribution is 0.0679. The normalized spacial score (nSPS) is 20.6. The maximum Gasteiger partial charge on any atom is 0.257 e. The molecule has 2 N–H and O–H groups in total. The van der Waals surface area contributed by atoms with Gasteiger partial charge in [0.15, 0.2) is 0 Å². The number of hydrogen-bond donors (Lipinski definition) is 2. The van der Waals surface area contributed by atoms with Gasteiger partial charge in [-0.05, 0) is 50.8 Å². The van der Waals surface area contributed by atoms with Crippen molar-refractivity contribution >= 4 is 5.91 Å². The molecule has 0 saturated carbocycles. The molecule has 1 saturated heterocycles. The van der Waals surface area contributed by atoms with E-state index in [2.05, 4.69) is 0 Å². The molecule has 2 atom stereocenters. The number of phenols is 1. The van der Waals surface area contributed by atoms with Crippen LogP contribution in [0.3, 0.4) is 0 Å². The van der Waals surface area contributed by atoms with E-state index >= 15 is 0 Å². The van der Waals surface area contributed by atoms with Crippen LogP contribution in [0.15, 0.2) is 18.2 Å². The fourth-order valence-electron chi connectivity index (χ4n) is 2.72. The largest absolute Gasteiger partial charge is 0.507 e. The summed E-state index contributed by atoms with van der Waals surface area (Å²) in [5.74, 6) is -0.103. The zero-order valence-corrected chi connectivity index (χ0v) is 11.5. The van der Waals surface area contributed by atoms with E-state index in [-0.39, 0.29) is 17.7 Å². The third-order valence-corrected chi connectivity index (χ3v) is 3.63. The highest BCUT2D eigenvalue weighted by Crippen LogP contribution is 2.27. The minimum atomic E-state index is -0.412. The summed E-state index contributed by atoms with van der Waals surface area (Å²) in [5.41, 5.74) is 1.28. The van der Waals surface area contributed by atoms with Crippen LogP contribution >= 0.6 is 0 Å². The number of likely N-dealkylation sites (tertiary alicyclic amines) is 1. The summed E-state index contributed by atoms with van der Waals surface area (Å²) in [6, 6.07) is 5.18. The Hall–Kier alpha value is -1.55. The van der Waals surface area contributed by atoms with Gasteiger partial charge in [-0.15, -0.1) is 0 Å². The standard InChI is InChI=1S/C15H21NO3/c1-10-5-6-13(14(18)8-10)15(19)16-7-3-4-12(16)9-11(2)17/h5-6,8,11-12,17-18H,3-4,7,9H2,1-2H3. The molecule has 1 aromatic rings. The van der Waals surface area contributed by atoms with Crippen molar-refractivity contribution in [2.24, 2.45) is 0 Å². The van der Waals surface area contributed by atoms with Gasteiger partial charge in [0, 0.05) is 12.6 Å². The summed E-state index contributed by atoms with van der Waals surface area (Å²) < 4.78 is 0. The minimum Gasteiger partial charge on any atom is -0.507 e. The minimum absolute atomic E-state index is 0.0349. The number of aryl methyl sites for hydroxylation is 1. The zero-order chi connectivity index (χ0) is 14.0. The van der Waals surface area contributed by atoms with Gasteiger partial charge < -0.3 is 15.1 Å². The average Bonchev–Trinajstić information content (AvgIpc) is 2.75. The summed E-state index contributed by atoms with van der Waals surface area (Å²) in [5, 5.41) is 19.4. The molecular formula is C15H21NO3. The molecule has 104 valence electrons. The van der Waals surface area contributed by atoms with Gasteiger partial charge >= 0.3 is 0 Å². The van der Waals surface area contributed by atoms with Crippen LogP contribution in [0.1, 0.15) is 42.1 Å². The van der Waals surface area contributed by atoms with Crippen LogP contribution in [0.5, 0.6) is 5.75 Å². The van der Waals surface area contributed by atoms with Crippen molar-refractivity contribution in [1.82, 2.24) is 4.90 Å². The molecule has 1 amide bonds. The van der Waals surface area contributed by atoms with Crippen molar-refractivity contribution in [3.63, 3.8) is 0 Å². The molecule has 2 rings (SSSR count). The highest BCUT2D eigenvalue weighted by atomic mass is 16.3. The van der Waals surface area contributed by atoms with Crippen LogP contribution in [0.25, 0.3) is 0 Å². The molecule has 1 fully saturated rings. The third kappa shape index (κ3) is 3.07. The number of phenolic OH excluding ortho intramolecular Hbond substituents is 1. The predicted molar refractivity (Wildman–Crippen MR) is 73.2 cm³/mol. The second kappa shape index (κ2) is 5.61. The first-order valence-electron chi connectivity index (χ1n) is 6.77. The maximum absolute atomic E-state index is 12.5. The number of benzene rings is 1. The summed E-state index contributed by atoms with van der Waals surface area (Å²) in [4.78, 5) is 14.2. The van der Waals surface area contributed by atoms with Crippen molar-refractivity contribution in [3.05, 3.63) is 29.3 Å². The zero-order valence-electron chi connectivity index (χ0n) is 11.5. The van der Waals surface area contributed by atoms with Crippen molar-refractivity contribution in [2.75, 3.05) is 6.54 Å². The van der Waals surface area contributed by atoms with E-state index < -0.39 is 6.10 Å². The van der Waals surface area contributed by atoms with Crippen molar-refractivity contribution < 1.29 is 15.0 Å². The van der Waals surface area contributed by atoms with Crippen molar-refractivity contribution in [3.8, 4) is 5.75 Å². The molecule has 0 radical (unpaired) electrons. The highest BCUT2D eigenvalue weighted by molar-refractivity contribution is 5.97. The number of carbonyl (C=O) groups excluding carboxylic acids is 1. The lowest BCUT2D eigenvalue weighted by Gasteiger charge is -2.26.